The van der Waals surface area contributed by atoms with E-state index in [1.54, 1.807) is 19.1 Å². The SMILES string of the molecule is C[C@](N)(CN1CC(Oc2ccc([C@@]3(C)[B]C3)c(O)c2C(=O)O)C1)C(=O)NCC(N)=O. The summed E-state index contributed by atoms with van der Waals surface area (Å²) in [7, 11) is 2.00. The van der Waals surface area contributed by atoms with Crippen LogP contribution in [0, 0.1) is 0 Å². The first-order chi connectivity index (χ1) is 13.9. The predicted octanol–water partition coefficient (Wildman–Crippen LogP) is -1.18. The van der Waals surface area contributed by atoms with E-state index in [0.29, 0.717) is 18.7 Å². The average Bonchev–Trinajstić information content (AvgIpc) is 3.35. The van der Waals surface area contributed by atoms with E-state index < -0.39 is 23.3 Å². The van der Waals surface area contributed by atoms with Crippen LogP contribution >= 0.6 is 0 Å². The lowest BCUT2D eigenvalue weighted by Crippen LogP contribution is -2.64. The monoisotopic (exact) mass is 417 g/mol. The summed E-state index contributed by atoms with van der Waals surface area (Å²) in [4.78, 5) is 36.5. The van der Waals surface area contributed by atoms with Crippen molar-refractivity contribution in [2.75, 3.05) is 26.2 Å². The normalized spacial score (nSPS) is 22.9. The minimum atomic E-state index is -1.26. The van der Waals surface area contributed by atoms with Crippen molar-refractivity contribution in [3.63, 3.8) is 0 Å². The first-order valence-corrected chi connectivity index (χ1v) is 9.61. The van der Waals surface area contributed by atoms with E-state index in [-0.39, 0.29) is 41.6 Å². The number of carbonyl (C=O) groups is 3. The van der Waals surface area contributed by atoms with Gasteiger partial charge < -0.3 is 31.7 Å². The highest BCUT2D eigenvalue weighted by atomic mass is 16.5. The largest absolute Gasteiger partial charge is 0.507 e. The lowest BCUT2D eigenvalue weighted by Gasteiger charge is -2.42. The summed E-state index contributed by atoms with van der Waals surface area (Å²) in [6.07, 6.45) is 0.475. The maximum atomic E-state index is 12.1. The summed E-state index contributed by atoms with van der Waals surface area (Å²) in [6.45, 7) is 4.28. The number of benzene rings is 1. The third kappa shape index (κ3) is 4.52. The fourth-order valence-corrected chi connectivity index (χ4v) is 3.52. The van der Waals surface area contributed by atoms with E-state index in [4.69, 9.17) is 16.2 Å². The lowest BCUT2D eigenvalue weighted by molar-refractivity contribution is -0.129. The van der Waals surface area contributed by atoms with Crippen molar-refractivity contribution in [2.45, 2.75) is 37.1 Å². The molecule has 1 radical (unpaired) electrons. The van der Waals surface area contributed by atoms with Crippen molar-refractivity contribution < 1.29 is 29.3 Å². The summed E-state index contributed by atoms with van der Waals surface area (Å²) in [6, 6.07) is 3.26. The van der Waals surface area contributed by atoms with Gasteiger partial charge in [-0.05, 0) is 23.9 Å². The quantitative estimate of drug-likeness (QED) is 0.313. The molecule has 3 rings (SSSR count). The third-order valence-corrected chi connectivity index (χ3v) is 5.50. The molecule has 2 saturated heterocycles. The molecule has 2 aliphatic rings. The van der Waals surface area contributed by atoms with Gasteiger partial charge in [-0.3, -0.25) is 14.5 Å². The summed E-state index contributed by atoms with van der Waals surface area (Å²) < 4.78 is 5.80. The van der Waals surface area contributed by atoms with Crippen molar-refractivity contribution in [3.8, 4) is 11.5 Å². The minimum Gasteiger partial charge on any atom is -0.507 e. The lowest BCUT2D eigenvalue weighted by atomic mass is 9.81. The molecular formula is C19H26BN4O6. The molecule has 0 aliphatic carbocycles. The molecule has 0 aromatic heterocycles. The molecule has 0 saturated carbocycles. The molecule has 7 N–H and O–H groups in total. The third-order valence-electron chi connectivity index (χ3n) is 5.50. The Morgan fingerprint density at radius 1 is 1.40 bits per heavy atom. The van der Waals surface area contributed by atoms with Crippen LogP contribution in [0.2, 0.25) is 6.32 Å². The molecule has 2 atom stereocenters. The Hall–Kier alpha value is -2.79. The smallest absolute Gasteiger partial charge is 0.343 e. The standard InChI is InChI=1S/C19H26BN4O6/c1-18(8-20-18)11-3-4-12(14(15(11)26)16(27)28)30-10-6-24(7-10)9-19(2,22)17(29)23-5-13(21)25/h3-4,10,26H,5-9,22H2,1-2H3,(H2,21,25)(H,23,29)(H,27,28)/t18-,19-/m0/s1. The summed E-state index contributed by atoms with van der Waals surface area (Å²) in [5.74, 6) is -2.58. The fraction of sp³-hybridized carbons (Fsp3) is 0.526. The van der Waals surface area contributed by atoms with Crippen molar-refractivity contribution in [1.82, 2.24) is 10.2 Å². The van der Waals surface area contributed by atoms with Gasteiger partial charge in [0.05, 0.1) is 6.54 Å². The van der Waals surface area contributed by atoms with Crippen LogP contribution in [0.15, 0.2) is 12.1 Å². The van der Waals surface area contributed by atoms with Gasteiger partial charge in [0, 0.05) is 19.6 Å². The number of carboxylic acid groups (broad SMARTS) is 1. The second-order valence-electron chi connectivity index (χ2n) is 8.47. The zero-order valence-electron chi connectivity index (χ0n) is 17.0. The number of likely N-dealkylation sites (tertiary alicyclic amines) is 1. The number of carboxylic acids is 1. The Bertz CT molecular complexity index is 880. The summed E-state index contributed by atoms with van der Waals surface area (Å²) in [5, 5.41) is 22.1. The molecule has 10 nitrogen and oxygen atoms in total. The number of aromatic carboxylic acids is 1. The van der Waals surface area contributed by atoms with Crippen LogP contribution in [0.25, 0.3) is 0 Å². The number of nitrogens with zero attached hydrogens (tertiary/aromatic N) is 1. The predicted molar refractivity (Wildman–Crippen MR) is 109 cm³/mol. The number of carbonyl (C=O) groups excluding carboxylic acids is 2. The molecule has 0 unspecified atom stereocenters. The van der Waals surface area contributed by atoms with Crippen LogP contribution in [0.1, 0.15) is 29.8 Å². The number of rotatable bonds is 9. The van der Waals surface area contributed by atoms with E-state index in [2.05, 4.69) is 5.32 Å². The van der Waals surface area contributed by atoms with E-state index in [9.17, 15) is 24.6 Å². The number of hydrogen-bond acceptors (Lipinski definition) is 7. The Labute approximate surface area is 174 Å². The number of primary amides is 1. The molecule has 161 valence electrons. The van der Waals surface area contributed by atoms with Crippen LogP contribution in [-0.4, -0.2) is 78.0 Å². The maximum absolute atomic E-state index is 12.1. The highest BCUT2D eigenvalue weighted by Gasteiger charge is 2.44. The van der Waals surface area contributed by atoms with Gasteiger partial charge in [0.25, 0.3) is 0 Å². The van der Waals surface area contributed by atoms with E-state index >= 15 is 0 Å². The molecule has 11 heteroatoms. The Kier molecular flexibility index (Phi) is 5.70. The van der Waals surface area contributed by atoms with Crippen molar-refractivity contribution in [1.29, 1.82) is 0 Å². The van der Waals surface area contributed by atoms with Crippen LogP contribution in [0.4, 0.5) is 0 Å². The molecule has 1 aromatic rings. The van der Waals surface area contributed by atoms with Crippen LogP contribution in [0.3, 0.4) is 0 Å². The Morgan fingerprint density at radius 3 is 2.57 bits per heavy atom. The first kappa shape index (κ1) is 21.9. The molecule has 2 heterocycles. The molecular weight excluding hydrogens is 391 g/mol. The summed E-state index contributed by atoms with van der Waals surface area (Å²) in [5.41, 5.74) is 10.1. The number of nitrogens with one attached hydrogen (secondary N) is 1. The van der Waals surface area contributed by atoms with Crippen molar-refractivity contribution in [3.05, 3.63) is 23.3 Å². The molecule has 2 fully saturated rings. The van der Waals surface area contributed by atoms with E-state index in [1.807, 2.05) is 19.1 Å². The molecule has 0 bridgehead atoms. The molecule has 1 aromatic carbocycles. The first-order valence-electron chi connectivity index (χ1n) is 9.61. The number of ether oxygens (including phenoxy) is 1. The van der Waals surface area contributed by atoms with E-state index in [1.165, 1.54) is 0 Å². The van der Waals surface area contributed by atoms with Gasteiger partial charge in [-0.25, -0.2) is 4.79 Å². The summed E-state index contributed by atoms with van der Waals surface area (Å²) >= 11 is 0. The Morgan fingerprint density at radius 2 is 2.03 bits per heavy atom. The number of amides is 2. The maximum Gasteiger partial charge on any atom is 0.343 e. The van der Waals surface area contributed by atoms with Gasteiger partial charge >= 0.3 is 5.97 Å². The molecule has 2 amide bonds. The van der Waals surface area contributed by atoms with Gasteiger partial charge in [0.15, 0.2) is 0 Å². The molecule has 2 aliphatic heterocycles. The highest BCUT2D eigenvalue weighted by molar-refractivity contribution is 6.54. The topological polar surface area (TPSA) is 168 Å². The minimum absolute atomic E-state index is 0.104. The fourth-order valence-electron chi connectivity index (χ4n) is 3.52. The molecule has 30 heavy (non-hydrogen) atoms. The van der Waals surface area contributed by atoms with Crippen molar-refractivity contribution in [2.24, 2.45) is 11.5 Å². The van der Waals surface area contributed by atoms with Crippen LogP contribution in [-0.2, 0) is 14.9 Å². The second kappa shape index (κ2) is 7.80. The van der Waals surface area contributed by atoms with Gasteiger partial charge in [-0.2, -0.15) is 0 Å². The van der Waals surface area contributed by atoms with E-state index in [0.717, 1.165) is 6.32 Å². The zero-order valence-corrected chi connectivity index (χ0v) is 17.0. The number of aromatic hydroxyl groups is 1. The number of nitrogens with two attached hydrogens (primary N) is 2. The number of phenols is 1. The zero-order chi connectivity index (χ0) is 22.3. The number of hydrogen-bond donors (Lipinski definition) is 5. The van der Waals surface area contributed by atoms with Gasteiger partial charge in [-0.1, -0.05) is 19.3 Å². The highest BCUT2D eigenvalue weighted by Crippen LogP contribution is 2.47. The molecule has 0 spiro atoms. The van der Waals surface area contributed by atoms with Gasteiger partial charge in [0.2, 0.25) is 11.8 Å². The Balaban J connectivity index is 1.60. The average molecular weight is 417 g/mol. The van der Waals surface area contributed by atoms with Crippen LogP contribution in [0.5, 0.6) is 11.5 Å². The van der Waals surface area contributed by atoms with Gasteiger partial charge in [-0.15, -0.1) is 0 Å². The van der Waals surface area contributed by atoms with Gasteiger partial charge in [0.1, 0.15) is 36.0 Å². The van der Waals surface area contributed by atoms with Crippen LogP contribution < -0.4 is 21.5 Å². The van der Waals surface area contributed by atoms with Crippen molar-refractivity contribution >= 4 is 25.1 Å². The second-order valence-corrected chi connectivity index (χ2v) is 8.47.